The summed E-state index contributed by atoms with van der Waals surface area (Å²) in [7, 11) is 0. The van der Waals surface area contributed by atoms with Gasteiger partial charge in [0.25, 0.3) is 11.7 Å². The van der Waals surface area contributed by atoms with E-state index in [1.807, 2.05) is 0 Å². The fourth-order valence-electron chi connectivity index (χ4n) is 2.35. The first kappa shape index (κ1) is 11.6. The van der Waals surface area contributed by atoms with E-state index in [2.05, 4.69) is 20.4 Å². The van der Waals surface area contributed by atoms with Gasteiger partial charge in [0.05, 0.1) is 0 Å². The number of nitrogens with zero attached hydrogens (tertiary/aromatic N) is 4. The molecule has 2 aliphatic heterocycles. The molecule has 2 fully saturated rings. The van der Waals surface area contributed by atoms with Crippen molar-refractivity contribution in [1.29, 1.82) is 0 Å². The Morgan fingerprint density at radius 2 is 2.06 bits per heavy atom. The van der Waals surface area contributed by atoms with Crippen LogP contribution in [-0.4, -0.2) is 71.2 Å². The zero-order valence-corrected chi connectivity index (χ0v) is 10.4. The summed E-state index contributed by atoms with van der Waals surface area (Å²) in [6.07, 6.45) is 0. The third kappa shape index (κ3) is 2.11. The van der Waals surface area contributed by atoms with Crippen molar-refractivity contribution in [3.05, 3.63) is 11.7 Å². The summed E-state index contributed by atoms with van der Waals surface area (Å²) in [5, 5.41) is 6.94. The molecule has 1 amide bonds. The molecule has 1 aromatic rings. The van der Waals surface area contributed by atoms with Gasteiger partial charge >= 0.3 is 0 Å². The number of amides is 1. The molecule has 3 rings (SSSR count). The van der Waals surface area contributed by atoms with Crippen LogP contribution in [-0.2, 0) is 0 Å². The summed E-state index contributed by atoms with van der Waals surface area (Å²) >= 11 is 0. The second-order valence-electron chi connectivity index (χ2n) is 4.78. The fourth-order valence-corrected chi connectivity index (χ4v) is 2.35. The maximum atomic E-state index is 12.1. The molecule has 7 heteroatoms. The van der Waals surface area contributed by atoms with Crippen molar-refractivity contribution in [3.63, 3.8) is 0 Å². The van der Waals surface area contributed by atoms with Gasteiger partial charge in [-0.25, -0.2) is 0 Å². The first-order chi connectivity index (χ1) is 8.74. The van der Waals surface area contributed by atoms with Crippen molar-refractivity contribution in [2.45, 2.75) is 13.0 Å². The quantitative estimate of drug-likeness (QED) is 0.735. The summed E-state index contributed by atoms with van der Waals surface area (Å²) in [4.78, 5) is 20.3. The Morgan fingerprint density at radius 1 is 1.33 bits per heavy atom. The lowest BCUT2D eigenvalue weighted by atomic mass is 10.1. The first-order valence-corrected chi connectivity index (χ1v) is 6.28. The molecule has 7 nitrogen and oxygen atoms in total. The fraction of sp³-hybridized carbons (Fsp3) is 0.727. The Labute approximate surface area is 105 Å². The van der Waals surface area contributed by atoms with Gasteiger partial charge in [0.15, 0.2) is 0 Å². The van der Waals surface area contributed by atoms with E-state index < -0.39 is 0 Å². The smallest absolute Gasteiger partial charge is 0.295 e. The van der Waals surface area contributed by atoms with Gasteiger partial charge in [-0.2, -0.15) is 4.98 Å². The highest BCUT2D eigenvalue weighted by Crippen LogP contribution is 2.11. The second-order valence-corrected chi connectivity index (χ2v) is 4.78. The molecule has 2 aliphatic rings. The average Bonchev–Trinajstić information content (AvgIpc) is 2.74. The number of nitrogens with one attached hydrogen (secondary N) is 1. The minimum absolute atomic E-state index is 0.127. The van der Waals surface area contributed by atoms with E-state index >= 15 is 0 Å². The van der Waals surface area contributed by atoms with Gasteiger partial charge in [-0.3, -0.25) is 9.69 Å². The van der Waals surface area contributed by atoms with Crippen molar-refractivity contribution in [3.8, 4) is 0 Å². The summed E-state index contributed by atoms with van der Waals surface area (Å²) < 4.78 is 4.84. The number of aryl methyl sites for hydroxylation is 1. The van der Waals surface area contributed by atoms with E-state index in [1.165, 1.54) is 0 Å². The molecule has 0 unspecified atom stereocenters. The predicted molar refractivity (Wildman–Crippen MR) is 63.2 cm³/mol. The summed E-state index contributed by atoms with van der Waals surface area (Å²) in [6.45, 7) is 7.15. The standard InChI is InChI=1S/C11H17N5O2/c1-8-13-10(14-18-8)11(17)16-4-2-15(3-5-16)9-6-12-7-9/h9,12H,2-7H2,1H3. The van der Waals surface area contributed by atoms with E-state index in [4.69, 9.17) is 4.52 Å². The molecule has 0 aliphatic carbocycles. The minimum Gasteiger partial charge on any atom is -0.339 e. The molecule has 0 radical (unpaired) electrons. The van der Waals surface area contributed by atoms with E-state index in [0.29, 0.717) is 11.9 Å². The van der Waals surface area contributed by atoms with Crippen LogP contribution in [0.3, 0.4) is 0 Å². The Balaban J connectivity index is 1.57. The normalized spacial score (nSPS) is 21.9. The van der Waals surface area contributed by atoms with Crippen LogP contribution in [0.5, 0.6) is 0 Å². The number of piperazine rings is 1. The van der Waals surface area contributed by atoms with Crippen LogP contribution in [0.4, 0.5) is 0 Å². The lowest BCUT2D eigenvalue weighted by Crippen LogP contribution is -2.62. The van der Waals surface area contributed by atoms with Crippen molar-refractivity contribution >= 4 is 5.91 Å². The van der Waals surface area contributed by atoms with Gasteiger partial charge in [0, 0.05) is 52.2 Å². The molecule has 0 atom stereocenters. The molecule has 1 aromatic heterocycles. The molecular weight excluding hydrogens is 234 g/mol. The van der Waals surface area contributed by atoms with Crippen LogP contribution in [0.25, 0.3) is 0 Å². The molecule has 1 N–H and O–H groups in total. The Bertz CT molecular complexity index is 434. The van der Waals surface area contributed by atoms with Crippen molar-refractivity contribution in [1.82, 2.24) is 25.3 Å². The Morgan fingerprint density at radius 3 is 2.56 bits per heavy atom. The largest absolute Gasteiger partial charge is 0.339 e. The van der Waals surface area contributed by atoms with Gasteiger partial charge in [-0.15, -0.1) is 0 Å². The molecular formula is C11H17N5O2. The molecule has 98 valence electrons. The molecule has 0 spiro atoms. The maximum Gasteiger partial charge on any atom is 0.295 e. The summed E-state index contributed by atoms with van der Waals surface area (Å²) in [6, 6.07) is 0.648. The highest BCUT2D eigenvalue weighted by Gasteiger charge is 2.30. The summed E-state index contributed by atoms with van der Waals surface area (Å²) in [5.41, 5.74) is 0. The van der Waals surface area contributed by atoms with Gasteiger partial charge in [-0.05, 0) is 0 Å². The lowest BCUT2D eigenvalue weighted by Gasteiger charge is -2.43. The number of hydrogen-bond acceptors (Lipinski definition) is 6. The topological polar surface area (TPSA) is 74.5 Å². The van der Waals surface area contributed by atoms with Gasteiger partial charge in [0.2, 0.25) is 5.89 Å². The van der Waals surface area contributed by atoms with Gasteiger partial charge in [-0.1, -0.05) is 5.16 Å². The average molecular weight is 251 g/mol. The zero-order chi connectivity index (χ0) is 12.5. The van der Waals surface area contributed by atoms with Crippen molar-refractivity contribution in [2.24, 2.45) is 0 Å². The zero-order valence-electron chi connectivity index (χ0n) is 10.4. The van der Waals surface area contributed by atoms with E-state index in [-0.39, 0.29) is 11.7 Å². The molecule has 0 bridgehead atoms. The van der Waals surface area contributed by atoms with E-state index in [1.54, 1.807) is 11.8 Å². The highest BCUT2D eigenvalue weighted by molar-refractivity contribution is 5.90. The van der Waals surface area contributed by atoms with Crippen LogP contribution in [0, 0.1) is 6.92 Å². The Kier molecular flexibility index (Phi) is 3.00. The molecule has 0 saturated carbocycles. The minimum atomic E-state index is -0.127. The number of rotatable bonds is 2. The third-order valence-corrected chi connectivity index (χ3v) is 3.60. The van der Waals surface area contributed by atoms with Crippen LogP contribution < -0.4 is 5.32 Å². The molecule has 3 heterocycles. The number of carbonyl (C=O) groups is 1. The molecule has 0 aromatic carbocycles. The van der Waals surface area contributed by atoms with Gasteiger partial charge in [0.1, 0.15) is 0 Å². The first-order valence-electron chi connectivity index (χ1n) is 6.28. The van der Waals surface area contributed by atoms with E-state index in [9.17, 15) is 4.79 Å². The van der Waals surface area contributed by atoms with Crippen molar-refractivity contribution < 1.29 is 9.32 Å². The molecule has 2 saturated heterocycles. The molecule has 18 heavy (non-hydrogen) atoms. The maximum absolute atomic E-state index is 12.1. The second kappa shape index (κ2) is 4.66. The predicted octanol–water partition coefficient (Wildman–Crippen LogP) is -0.892. The Hall–Kier alpha value is -1.47. The third-order valence-electron chi connectivity index (χ3n) is 3.60. The van der Waals surface area contributed by atoms with Gasteiger partial charge < -0.3 is 14.7 Å². The van der Waals surface area contributed by atoms with Crippen LogP contribution in [0.15, 0.2) is 4.52 Å². The SMILES string of the molecule is Cc1nc(C(=O)N2CCN(C3CNC3)CC2)no1. The van der Waals surface area contributed by atoms with Crippen molar-refractivity contribution in [2.75, 3.05) is 39.3 Å². The number of hydrogen-bond donors (Lipinski definition) is 1. The monoisotopic (exact) mass is 251 g/mol. The number of carbonyl (C=O) groups excluding carboxylic acids is 1. The van der Waals surface area contributed by atoms with Crippen LogP contribution in [0.2, 0.25) is 0 Å². The van der Waals surface area contributed by atoms with E-state index in [0.717, 1.165) is 39.3 Å². The highest BCUT2D eigenvalue weighted by atomic mass is 16.5. The van der Waals surface area contributed by atoms with Crippen LogP contribution in [0.1, 0.15) is 16.5 Å². The lowest BCUT2D eigenvalue weighted by molar-refractivity contribution is 0.0490. The number of aromatic nitrogens is 2. The van der Waals surface area contributed by atoms with Crippen LogP contribution >= 0.6 is 0 Å². The summed E-state index contributed by atoms with van der Waals surface area (Å²) in [5.74, 6) is 0.474.